The lowest BCUT2D eigenvalue weighted by Crippen LogP contribution is -2.74. The van der Waals surface area contributed by atoms with E-state index >= 15 is 0 Å². The fourth-order valence-electron chi connectivity index (χ4n) is 11.3. The van der Waals surface area contributed by atoms with Crippen LogP contribution in [0.2, 0.25) is 0 Å². The molecular weight excluding hydrogens is 789 g/mol. The van der Waals surface area contributed by atoms with Crippen molar-refractivity contribution >= 4 is 72.4 Å². The molecule has 0 fully saturated rings. The molecule has 0 bridgehead atoms. The zero-order chi connectivity index (χ0) is 42.2. The van der Waals surface area contributed by atoms with Crippen LogP contribution in [0.1, 0.15) is 22.6 Å². The molecule has 3 heteroatoms. The summed E-state index contributed by atoms with van der Waals surface area (Å²) in [6.07, 6.45) is 0. The van der Waals surface area contributed by atoms with Crippen LogP contribution >= 0.6 is 0 Å². The summed E-state index contributed by atoms with van der Waals surface area (Å²) in [4.78, 5) is 0. The van der Waals surface area contributed by atoms with Gasteiger partial charge in [0.2, 0.25) is 0 Å². The fourth-order valence-corrected chi connectivity index (χ4v) is 16.0. The van der Waals surface area contributed by atoms with Crippen molar-refractivity contribution < 1.29 is 0 Å². The van der Waals surface area contributed by atoms with Crippen LogP contribution in [0, 0.1) is 0 Å². The first-order chi connectivity index (χ1) is 31.8. The summed E-state index contributed by atoms with van der Waals surface area (Å²) in [5.41, 5.74) is 13.9. The van der Waals surface area contributed by atoms with Crippen molar-refractivity contribution in [3.63, 3.8) is 0 Å². The predicted molar refractivity (Wildman–Crippen MR) is 272 cm³/mol. The van der Waals surface area contributed by atoms with Crippen molar-refractivity contribution in [1.29, 1.82) is 0 Å². The Bertz CT molecular complexity index is 3570. The van der Waals surface area contributed by atoms with Crippen molar-refractivity contribution in [2.45, 2.75) is 5.92 Å². The molecule has 0 radical (unpaired) electrons. The number of rotatable bonds is 7. The molecule has 2 heterocycles. The molecule has 0 saturated heterocycles. The van der Waals surface area contributed by atoms with Crippen molar-refractivity contribution in [3.8, 4) is 22.5 Å². The first-order valence-corrected chi connectivity index (χ1v) is 24.3. The maximum atomic E-state index is 2.46. The third-order valence-corrected chi connectivity index (χ3v) is 18.8. The fraction of sp³-hybridized carbons (Fsp3) is 0.0164. The van der Waals surface area contributed by atoms with E-state index in [1.165, 1.54) is 92.2 Å². The quantitative estimate of drug-likeness (QED) is 0.112. The second kappa shape index (κ2) is 14.6. The summed E-state index contributed by atoms with van der Waals surface area (Å²) in [6, 6.07) is 92.8. The van der Waals surface area contributed by atoms with E-state index in [4.69, 9.17) is 0 Å². The van der Waals surface area contributed by atoms with E-state index in [-0.39, 0.29) is 5.92 Å². The molecule has 0 atom stereocenters. The standard InChI is InChI=1S/C61H42N2Si/c1-4-18-45(19-5-1)64(46-20-6-2-7-21-46,47-22-8-3-9-23-47)48-36-33-43(34-37-48)62-57-30-16-15-27-52(57)56-41-44(35-39-60(56)62)63-58-31-17-14-26-51(58)55-40-42(32-38-59(55)63)61-53-28-12-10-24-49(53)50-25-11-13-29-54(50)61/h1-41,61H. The van der Waals surface area contributed by atoms with Crippen LogP contribution in [0.3, 0.4) is 0 Å². The molecule has 1 aliphatic carbocycles. The molecule has 13 rings (SSSR count). The minimum atomic E-state index is -2.65. The van der Waals surface area contributed by atoms with Crippen molar-refractivity contribution in [3.05, 3.63) is 265 Å². The number of fused-ring (bicyclic) bond motifs is 9. The van der Waals surface area contributed by atoms with E-state index in [2.05, 4.69) is 258 Å². The van der Waals surface area contributed by atoms with Gasteiger partial charge in [0.25, 0.3) is 0 Å². The van der Waals surface area contributed by atoms with Gasteiger partial charge in [-0.15, -0.1) is 0 Å². The summed E-state index contributed by atoms with van der Waals surface area (Å²) < 4.78 is 4.91. The second-order valence-electron chi connectivity index (χ2n) is 17.2. The number of hydrogen-bond acceptors (Lipinski definition) is 0. The predicted octanol–water partition coefficient (Wildman–Crippen LogP) is 12.4. The Morgan fingerprint density at radius 3 is 1.22 bits per heavy atom. The maximum Gasteiger partial charge on any atom is 0.179 e. The van der Waals surface area contributed by atoms with Crippen LogP contribution in [0.4, 0.5) is 0 Å². The zero-order valence-corrected chi connectivity index (χ0v) is 36.1. The molecule has 0 aliphatic heterocycles. The zero-order valence-electron chi connectivity index (χ0n) is 35.1. The number of aromatic nitrogens is 2. The van der Waals surface area contributed by atoms with Gasteiger partial charge in [-0.3, -0.25) is 0 Å². The Kier molecular flexibility index (Phi) is 8.34. The Labute approximate surface area is 373 Å². The topological polar surface area (TPSA) is 9.86 Å². The van der Waals surface area contributed by atoms with Crippen LogP contribution < -0.4 is 20.7 Å². The normalized spacial score (nSPS) is 12.6. The summed E-state index contributed by atoms with van der Waals surface area (Å²) in [5.74, 6) is 0.198. The molecule has 0 spiro atoms. The second-order valence-corrected chi connectivity index (χ2v) is 21.0. The van der Waals surface area contributed by atoms with E-state index in [0.29, 0.717) is 0 Å². The Balaban J connectivity index is 0.961. The Morgan fingerprint density at radius 1 is 0.281 bits per heavy atom. The SMILES string of the molecule is c1ccc([Si](c2ccccc2)(c2ccccc2)c2ccc(-n3c4ccccc4c4cc(-n5c6ccccc6c6cc(C7c8ccccc8-c8ccccc87)ccc65)ccc43)cc2)cc1. The van der Waals surface area contributed by atoms with Gasteiger partial charge in [-0.2, -0.15) is 0 Å². The van der Waals surface area contributed by atoms with Gasteiger partial charge in [-0.05, 0) is 103 Å². The first-order valence-electron chi connectivity index (χ1n) is 22.3. The van der Waals surface area contributed by atoms with Gasteiger partial charge in [-0.1, -0.05) is 194 Å². The van der Waals surface area contributed by atoms with Crippen LogP contribution in [0.15, 0.2) is 249 Å². The highest BCUT2D eigenvalue weighted by Crippen LogP contribution is 2.49. The van der Waals surface area contributed by atoms with Gasteiger partial charge < -0.3 is 9.13 Å². The van der Waals surface area contributed by atoms with E-state index in [9.17, 15) is 0 Å². The minimum absolute atomic E-state index is 0.198. The average molecular weight is 831 g/mol. The van der Waals surface area contributed by atoms with Gasteiger partial charge in [0.1, 0.15) is 0 Å². The molecular formula is C61H42N2Si. The minimum Gasteiger partial charge on any atom is -0.309 e. The van der Waals surface area contributed by atoms with Crippen molar-refractivity contribution in [2.24, 2.45) is 0 Å². The molecule has 2 nitrogen and oxygen atoms in total. The first kappa shape index (κ1) is 36.7. The summed E-state index contributed by atoms with van der Waals surface area (Å²) >= 11 is 0. The van der Waals surface area contributed by atoms with Gasteiger partial charge in [-0.25, -0.2) is 0 Å². The molecule has 10 aromatic carbocycles. The van der Waals surface area contributed by atoms with Gasteiger partial charge in [0, 0.05) is 38.8 Å². The lowest BCUT2D eigenvalue weighted by molar-refractivity contribution is 1.02. The van der Waals surface area contributed by atoms with E-state index in [1.54, 1.807) is 0 Å². The van der Waals surface area contributed by atoms with Gasteiger partial charge >= 0.3 is 0 Å². The largest absolute Gasteiger partial charge is 0.309 e. The Hall–Kier alpha value is -7.98. The number of benzene rings is 10. The molecule has 0 N–H and O–H groups in total. The third kappa shape index (κ3) is 5.38. The highest BCUT2D eigenvalue weighted by Gasteiger charge is 2.41. The van der Waals surface area contributed by atoms with Crippen LogP contribution in [-0.4, -0.2) is 17.2 Å². The highest BCUT2D eigenvalue weighted by atomic mass is 28.3. The molecule has 300 valence electrons. The highest BCUT2D eigenvalue weighted by molar-refractivity contribution is 7.19. The molecule has 0 saturated carbocycles. The van der Waals surface area contributed by atoms with Crippen molar-refractivity contribution in [2.75, 3.05) is 0 Å². The average Bonchev–Trinajstić information content (AvgIpc) is 4.01. The number of hydrogen-bond donors (Lipinski definition) is 0. The maximum absolute atomic E-state index is 2.65. The smallest absolute Gasteiger partial charge is 0.179 e. The monoisotopic (exact) mass is 830 g/mol. The summed E-state index contributed by atoms with van der Waals surface area (Å²) in [6.45, 7) is 0. The van der Waals surface area contributed by atoms with E-state index in [1.807, 2.05) is 0 Å². The number of para-hydroxylation sites is 2. The van der Waals surface area contributed by atoms with Crippen LogP contribution in [0.5, 0.6) is 0 Å². The van der Waals surface area contributed by atoms with Crippen molar-refractivity contribution in [1.82, 2.24) is 9.13 Å². The van der Waals surface area contributed by atoms with E-state index < -0.39 is 8.07 Å². The summed E-state index contributed by atoms with van der Waals surface area (Å²) in [7, 11) is -2.65. The molecule has 0 unspecified atom stereocenters. The molecule has 1 aliphatic rings. The lowest BCUT2D eigenvalue weighted by atomic mass is 9.88. The van der Waals surface area contributed by atoms with Gasteiger partial charge in [0.05, 0.1) is 22.1 Å². The lowest BCUT2D eigenvalue weighted by Gasteiger charge is -2.34. The Morgan fingerprint density at radius 2 is 0.672 bits per heavy atom. The third-order valence-electron chi connectivity index (χ3n) is 14.0. The van der Waals surface area contributed by atoms with E-state index in [0.717, 1.165) is 11.4 Å². The molecule has 64 heavy (non-hydrogen) atoms. The molecule has 2 aromatic heterocycles. The molecule has 12 aromatic rings. The number of nitrogens with zero attached hydrogens (tertiary/aromatic N) is 2. The van der Waals surface area contributed by atoms with Crippen LogP contribution in [-0.2, 0) is 0 Å². The summed E-state index contributed by atoms with van der Waals surface area (Å²) in [5, 5.41) is 10.5. The van der Waals surface area contributed by atoms with Gasteiger partial charge in [0.15, 0.2) is 8.07 Å². The van der Waals surface area contributed by atoms with Crippen LogP contribution in [0.25, 0.3) is 66.1 Å². The molecule has 0 amide bonds.